The second-order valence-electron chi connectivity index (χ2n) is 4.65. The third-order valence-electron chi connectivity index (χ3n) is 3.21. The van der Waals surface area contributed by atoms with E-state index in [1.54, 1.807) is 14.2 Å². The van der Waals surface area contributed by atoms with Crippen LogP contribution in [0.15, 0.2) is 12.1 Å². The van der Waals surface area contributed by atoms with Gasteiger partial charge < -0.3 is 19.3 Å². The van der Waals surface area contributed by atoms with Crippen molar-refractivity contribution < 1.29 is 19.3 Å². The van der Waals surface area contributed by atoms with E-state index >= 15 is 0 Å². The minimum Gasteiger partial charge on any atom is -0.496 e. The number of methoxy groups -OCH3 is 2. The molecular weight excluding hydrogens is 232 g/mol. The molecule has 0 unspecified atom stereocenters. The number of aliphatic hydroxyl groups is 1. The van der Waals surface area contributed by atoms with E-state index in [9.17, 15) is 5.11 Å². The van der Waals surface area contributed by atoms with Crippen molar-refractivity contribution in [2.24, 2.45) is 0 Å². The number of benzene rings is 1. The molecule has 1 aromatic rings. The van der Waals surface area contributed by atoms with Gasteiger partial charge in [0.15, 0.2) is 11.5 Å². The Labute approximate surface area is 107 Å². The first-order valence-electron chi connectivity index (χ1n) is 6.22. The summed E-state index contributed by atoms with van der Waals surface area (Å²) in [5, 5.41) is 10.0. The normalized spacial score (nSPS) is 16.2. The first kappa shape index (κ1) is 13.0. The van der Waals surface area contributed by atoms with Crippen LogP contribution in [0.4, 0.5) is 0 Å². The van der Waals surface area contributed by atoms with Crippen molar-refractivity contribution in [3.05, 3.63) is 17.7 Å². The van der Waals surface area contributed by atoms with Gasteiger partial charge in [0.05, 0.1) is 26.4 Å². The van der Waals surface area contributed by atoms with Crippen LogP contribution in [0.3, 0.4) is 0 Å². The Morgan fingerprint density at radius 1 is 1.11 bits per heavy atom. The van der Waals surface area contributed by atoms with E-state index in [1.807, 2.05) is 19.1 Å². The quantitative estimate of drug-likeness (QED) is 0.843. The maximum absolute atomic E-state index is 10.0. The first-order chi connectivity index (χ1) is 8.61. The lowest BCUT2D eigenvalue weighted by Crippen LogP contribution is -2.12. The zero-order valence-corrected chi connectivity index (χ0v) is 11.2. The second kappa shape index (κ2) is 5.06. The van der Waals surface area contributed by atoms with Crippen LogP contribution < -0.4 is 14.2 Å². The number of ether oxygens (including phenoxy) is 3. The number of rotatable bonds is 6. The van der Waals surface area contributed by atoms with Gasteiger partial charge in [0, 0.05) is 18.1 Å². The summed E-state index contributed by atoms with van der Waals surface area (Å²) in [5.41, 5.74) is 0.410. The van der Waals surface area contributed by atoms with Crippen LogP contribution >= 0.6 is 0 Å². The first-order valence-corrected chi connectivity index (χ1v) is 6.22. The molecule has 1 saturated carbocycles. The van der Waals surface area contributed by atoms with Crippen LogP contribution in [0.5, 0.6) is 17.2 Å². The van der Waals surface area contributed by atoms with Crippen molar-refractivity contribution in [3.8, 4) is 17.2 Å². The highest BCUT2D eigenvalue weighted by Crippen LogP contribution is 2.43. The molecule has 1 N–H and O–H groups in total. The molecular formula is C14H20O4. The summed E-state index contributed by atoms with van der Waals surface area (Å²) in [7, 11) is 3.22. The minimum absolute atomic E-state index is 0.550. The van der Waals surface area contributed by atoms with Crippen LogP contribution in [-0.2, 0) is 6.42 Å². The molecule has 4 heteroatoms. The lowest BCUT2D eigenvalue weighted by molar-refractivity contribution is 0.149. The Kier molecular flexibility index (Phi) is 3.66. The molecule has 0 aromatic heterocycles. The van der Waals surface area contributed by atoms with Gasteiger partial charge in [-0.25, -0.2) is 0 Å². The summed E-state index contributed by atoms with van der Waals surface area (Å²) in [6, 6.07) is 3.71. The van der Waals surface area contributed by atoms with Gasteiger partial charge in [0.2, 0.25) is 0 Å². The fourth-order valence-corrected chi connectivity index (χ4v) is 2.01. The Morgan fingerprint density at radius 3 is 2.28 bits per heavy atom. The highest BCUT2D eigenvalue weighted by atomic mass is 16.5. The molecule has 1 aromatic carbocycles. The van der Waals surface area contributed by atoms with Crippen molar-refractivity contribution in [1.82, 2.24) is 0 Å². The van der Waals surface area contributed by atoms with Crippen LogP contribution in [0.1, 0.15) is 25.3 Å². The van der Waals surface area contributed by atoms with Gasteiger partial charge in [0.25, 0.3) is 0 Å². The van der Waals surface area contributed by atoms with Crippen LogP contribution in [0.2, 0.25) is 0 Å². The van der Waals surface area contributed by atoms with E-state index in [-0.39, 0.29) is 0 Å². The molecule has 1 aliphatic carbocycles. The average molecular weight is 252 g/mol. The summed E-state index contributed by atoms with van der Waals surface area (Å²) in [4.78, 5) is 0. The molecule has 0 bridgehead atoms. The summed E-state index contributed by atoms with van der Waals surface area (Å²) in [5.74, 6) is 2.08. The van der Waals surface area contributed by atoms with Gasteiger partial charge in [-0.1, -0.05) is 0 Å². The van der Waals surface area contributed by atoms with Gasteiger partial charge in [-0.2, -0.15) is 0 Å². The Hall–Kier alpha value is -1.42. The molecule has 0 atom stereocenters. The number of hydrogen-bond acceptors (Lipinski definition) is 4. The maximum Gasteiger partial charge on any atom is 0.164 e. The molecule has 100 valence electrons. The molecule has 0 saturated heterocycles. The van der Waals surface area contributed by atoms with Crippen molar-refractivity contribution in [2.45, 2.75) is 31.8 Å². The molecule has 0 heterocycles. The highest BCUT2D eigenvalue weighted by molar-refractivity contribution is 5.51. The zero-order valence-electron chi connectivity index (χ0n) is 11.2. The van der Waals surface area contributed by atoms with Gasteiger partial charge in [-0.05, 0) is 25.8 Å². The monoisotopic (exact) mass is 252 g/mol. The van der Waals surface area contributed by atoms with Crippen LogP contribution in [0, 0.1) is 0 Å². The van der Waals surface area contributed by atoms with E-state index < -0.39 is 5.60 Å². The Balaban J connectivity index is 2.33. The van der Waals surface area contributed by atoms with Crippen LogP contribution in [0.25, 0.3) is 0 Å². The molecule has 0 spiro atoms. The summed E-state index contributed by atoms with van der Waals surface area (Å²) in [6.45, 7) is 2.50. The maximum atomic E-state index is 10.0. The van der Waals surface area contributed by atoms with E-state index in [1.165, 1.54) is 0 Å². The zero-order chi connectivity index (χ0) is 13.2. The topological polar surface area (TPSA) is 47.9 Å². The van der Waals surface area contributed by atoms with E-state index in [4.69, 9.17) is 14.2 Å². The molecule has 0 aliphatic heterocycles. The smallest absolute Gasteiger partial charge is 0.164 e. The lowest BCUT2D eigenvalue weighted by atomic mass is 10.0. The summed E-state index contributed by atoms with van der Waals surface area (Å²) < 4.78 is 16.2. The fourth-order valence-electron chi connectivity index (χ4n) is 2.01. The highest BCUT2D eigenvalue weighted by Gasteiger charge is 2.41. The predicted octanol–water partition coefficient (Wildman–Crippen LogP) is 2.17. The molecule has 4 nitrogen and oxygen atoms in total. The van der Waals surface area contributed by atoms with Gasteiger partial charge >= 0.3 is 0 Å². The summed E-state index contributed by atoms with van der Waals surface area (Å²) >= 11 is 0. The SMILES string of the molecule is CCOc1cc(CC2(O)CC2)c(OC)cc1OC. The molecule has 1 aliphatic rings. The molecule has 2 rings (SSSR count). The van der Waals surface area contributed by atoms with Crippen molar-refractivity contribution in [1.29, 1.82) is 0 Å². The third-order valence-corrected chi connectivity index (χ3v) is 3.21. The van der Waals surface area contributed by atoms with Crippen molar-refractivity contribution >= 4 is 0 Å². The van der Waals surface area contributed by atoms with Gasteiger partial charge in [-0.3, -0.25) is 0 Å². The fraction of sp³-hybridized carbons (Fsp3) is 0.571. The standard InChI is InChI=1S/C14H20O4/c1-4-18-13-7-10(9-14(15)5-6-14)11(16-2)8-12(13)17-3/h7-8,15H,4-6,9H2,1-3H3. The van der Waals surface area contributed by atoms with Gasteiger partial charge in [-0.15, -0.1) is 0 Å². The lowest BCUT2D eigenvalue weighted by Gasteiger charge is -2.16. The third kappa shape index (κ3) is 2.70. The summed E-state index contributed by atoms with van der Waals surface area (Å²) in [6.07, 6.45) is 2.30. The predicted molar refractivity (Wildman–Crippen MR) is 68.6 cm³/mol. The molecule has 0 radical (unpaired) electrons. The van der Waals surface area contributed by atoms with Crippen molar-refractivity contribution in [3.63, 3.8) is 0 Å². The average Bonchev–Trinajstić information content (AvgIpc) is 3.07. The molecule has 1 fully saturated rings. The Morgan fingerprint density at radius 2 is 1.78 bits per heavy atom. The van der Waals surface area contributed by atoms with E-state index in [2.05, 4.69) is 0 Å². The Bertz CT molecular complexity index is 424. The number of hydrogen-bond donors (Lipinski definition) is 1. The van der Waals surface area contributed by atoms with Crippen LogP contribution in [-0.4, -0.2) is 31.5 Å². The van der Waals surface area contributed by atoms with E-state index in [0.29, 0.717) is 24.5 Å². The molecule has 18 heavy (non-hydrogen) atoms. The van der Waals surface area contributed by atoms with E-state index in [0.717, 1.165) is 24.2 Å². The second-order valence-corrected chi connectivity index (χ2v) is 4.65. The van der Waals surface area contributed by atoms with Gasteiger partial charge in [0.1, 0.15) is 5.75 Å². The largest absolute Gasteiger partial charge is 0.496 e. The molecule has 0 amide bonds. The van der Waals surface area contributed by atoms with Crippen molar-refractivity contribution in [2.75, 3.05) is 20.8 Å². The minimum atomic E-state index is -0.550.